The molecule has 3 rings (SSSR count). The van der Waals surface area contributed by atoms with Crippen LogP contribution in [-0.2, 0) is 0 Å². The molecule has 2 heterocycles. The minimum atomic E-state index is -0.107. The number of benzene rings is 1. The Bertz CT molecular complexity index is 695. The van der Waals surface area contributed by atoms with E-state index in [-0.39, 0.29) is 11.9 Å². The van der Waals surface area contributed by atoms with Crippen molar-refractivity contribution in [2.45, 2.75) is 13.0 Å². The molecular formula is C16H16N2O2. The highest BCUT2D eigenvalue weighted by molar-refractivity contribution is 5.98. The number of aromatic amines is 1. The number of H-pyrrole nitrogens is 1. The Morgan fingerprint density at radius 3 is 2.75 bits per heavy atom. The van der Waals surface area contributed by atoms with Crippen LogP contribution in [0.1, 0.15) is 29.2 Å². The molecule has 0 saturated heterocycles. The number of hydrogen-bond acceptors (Lipinski definition) is 2. The summed E-state index contributed by atoms with van der Waals surface area (Å²) in [4.78, 5) is 17.3. The highest BCUT2D eigenvalue weighted by Crippen LogP contribution is 2.22. The van der Waals surface area contributed by atoms with Gasteiger partial charge in [0.15, 0.2) is 0 Å². The second kappa shape index (κ2) is 4.89. The van der Waals surface area contributed by atoms with Gasteiger partial charge in [0.05, 0.1) is 12.3 Å². The lowest BCUT2D eigenvalue weighted by Crippen LogP contribution is -2.29. The van der Waals surface area contributed by atoms with Crippen LogP contribution < -0.4 is 0 Å². The number of nitrogens with zero attached hydrogens (tertiary/aromatic N) is 1. The monoisotopic (exact) mass is 268 g/mol. The van der Waals surface area contributed by atoms with E-state index in [4.69, 9.17) is 4.42 Å². The van der Waals surface area contributed by atoms with Crippen molar-refractivity contribution >= 4 is 16.8 Å². The molecule has 4 nitrogen and oxygen atoms in total. The van der Waals surface area contributed by atoms with Gasteiger partial charge in [-0.15, -0.1) is 0 Å². The molecule has 0 aliphatic carbocycles. The lowest BCUT2D eigenvalue weighted by Gasteiger charge is -2.22. The van der Waals surface area contributed by atoms with Gasteiger partial charge in [0.1, 0.15) is 11.5 Å². The van der Waals surface area contributed by atoms with E-state index in [9.17, 15) is 4.79 Å². The smallest absolute Gasteiger partial charge is 0.270 e. The first-order valence-electron chi connectivity index (χ1n) is 6.55. The van der Waals surface area contributed by atoms with Gasteiger partial charge in [-0.1, -0.05) is 18.2 Å². The number of fused-ring (bicyclic) bond motifs is 1. The lowest BCUT2D eigenvalue weighted by molar-refractivity contribution is 0.0721. The molecule has 20 heavy (non-hydrogen) atoms. The van der Waals surface area contributed by atoms with Crippen LogP contribution in [0.5, 0.6) is 0 Å². The first kappa shape index (κ1) is 12.5. The predicted molar refractivity (Wildman–Crippen MR) is 77.5 cm³/mol. The van der Waals surface area contributed by atoms with E-state index in [1.807, 2.05) is 49.4 Å². The molecule has 0 aliphatic heterocycles. The van der Waals surface area contributed by atoms with Crippen molar-refractivity contribution in [1.29, 1.82) is 0 Å². The Morgan fingerprint density at radius 2 is 2.05 bits per heavy atom. The fourth-order valence-corrected chi connectivity index (χ4v) is 2.27. The molecule has 0 saturated carbocycles. The zero-order valence-electron chi connectivity index (χ0n) is 11.5. The molecule has 1 N–H and O–H groups in total. The van der Waals surface area contributed by atoms with E-state index in [1.165, 1.54) is 0 Å². The summed E-state index contributed by atoms with van der Waals surface area (Å²) in [5, 5.41) is 1.04. The third kappa shape index (κ3) is 2.09. The summed E-state index contributed by atoms with van der Waals surface area (Å²) in [7, 11) is 1.78. The highest BCUT2D eigenvalue weighted by Gasteiger charge is 2.21. The summed E-state index contributed by atoms with van der Waals surface area (Å²) < 4.78 is 5.36. The molecule has 4 heteroatoms. The Labute approximate surface area is 117 Å². The topological polar surface area (TPSA) is 49.2 Å². The standard InChI is InChI=1S/C16H16N2O2/c1-11(15-8-5-9-20-15)18(2)16(19)14-10-12-6-3-4-7-13(12)17-14/h3-11,17H,1-2H3. The maximum atomic E-state index is 12.5. The van der Waals surface area contributed by atoms with Gasteiger partial charge in [0.25, 0.3) is 5.91 Å². The van der Waals surface area contributed by atoms with E-state index in [0.29, 0.717) is 5.69 Å². The van der Waals surface area contributed by atoms with E-state index in [1.54, 1.807) is 18.2 Å². The maximum Gasteiger partial charge on any atom is 0.270 e. The zero-order chi connectivity index (χ0) is 14.1. The summed E-state index contributed by atoms with van der Waals surface area (Å²) in [6.45, 7) is 1.94. The molecule has 1 amide bonds. The third-order valence-corrected chi connectivity index (χ3v) is 3.62. The van der Waals surface area contributed by atoms with E-state index in [0.717, 1.165) is 16.7 Å². The minimum absolute atomic E-state index is 0.0508. The van der Waals surface area contributed by atoms with Crippen molar-refractivity contribution in [2.75, 3.05) is 7.05 Å². The molecule has 2 aromatic heterocycles. The number of hydrogen-bond donors (Lipinski definition) is 1. The van der Waals surface area contributed by atoms with Crippen LogP contribution in [0.4, 0.5) is 0 Å². The number of amides is 1. The van der Waals surface area contributed by atoms with Gasteiger partial charge < -0.3 is 14.3 Å². The van der Waals surface area contributed by atoms with Gasteiger partial charge in [-0.25, -0.2) is 0 Å². The third-order valence-electron chi connectivity index (χ3n) is 3.62. The molecule has 0 radical (unpaired) electrons. The molecular weight excluding hydrogens is 252 g/mol. The number of aromatic nitrogens is 1. The van der Waals surface area contributed by atoms with Crippen LogP contribution >= 0.6 is 0 Å². The first-order valence-corrected chi connectivity index (χ1v) is 6.55. The highest BCUT2D eigenvalue weighted by atomic mass is 16.3. The normalized spacial score (nSPS) is 12.5. The lowest BCUT2D eigenvalue weighted by atomic mass is 10.2. The summed E-state index contributed by atoms with van der Waals surface area (Å²) in [6.07, 6.45) is 1.62. The van der Waals surface area contributed by atoms with Gasteiger partial charge in [-0.05, 0) is 31.2 Å². The molecule has 1 aromatic carbocycles. The molecule has 0 spiro atoms. The van der Waals surface area contributed by atoms with Gasteiger partial charge in [-0.2, -0.15) is 0 Å². The fourth-order valence-electron chi connectivity index (χ4n) is 2.27. The number of para-hydroxylation sites is 1. The molecule has 1 unspecified atom stereocenters. The first-order chi connectivity index (χ1) is 9.66. The van der Waals surface area contributed by atoms with Gasteiger partial charge in [0.2, 0.25) is 0 Å². The largest absolute Gasteiger partial charge is 0.467 e. The zero-order valence-corrected chi connectivity index (χ0v) is 11.5. The van der Waals surface area contributed by atoms with Crippen molar-refractivity contribution in [3.8, 4) is 0 Å². The van der Waals surface area contributed by atoms with Crippen LogP contribution in [0.15, 0.2) is 53.1 Å². The van der Waals surface area contributed by atoms with E-state index in [2.05, 4.69) is 4.98 Å². The Morgan fingerprint density at radius 1 is 1.25 bits per heavy atom. The van der Waals surface area contributed by atoms with Crippen LogP contribution in [0.2, 0.25) is 0 Å². The van der Waals surface area contributed by atoms with Crippen molar-refractivity contribution in [1.82, 2.24) is 9.88 Å². The molecule has 102 valence electrons. The number of furan rings is 1. The van der Waals surface area contributed by atoms with Crippen LogP contribution in [0.3, 0.4) is 0 Å². The molecule has 3 aromatic rings. The van der Waals surface area contributed by atoms with Gasteiger partial charge >= 0.3 is 0 Å². The molecule has 1 atom stereocenters. The van der Waals surface area contributed by atoms with Crippen molar-refractivity contribution in [3.63, 3.8) is 0 Å². The summed E-state index contributed by atoms with van der Waals surface area (Å²) in [6, 6.07) is 13.3. The van der Waals surface area contributed by atoms with Gasteiger partial charge in [-0.3, -0.25) is 4.79 Å². The summed E-state index contributed by atoms with van der Waals surface area (Å²) >= 11 is 0. The Hall–Kier alpha value is -2.49. The summed E-state index contributed by atoms with van der Waals surface area (Å²) in [5.41, 5.74) is 1.56. The second-order valence-electron chi connectivity index (χ2n) is 4.88. The maximum absolute atomic E-state index is 12.5. The number of carbonyl (C=O) groups is 1. The van der Waals surface area contributed by atoms with Crippen LogP contribution in [0.25, 0.3) is 10.9 Å². The van der Waals surface area contributed by atoms with E-state index >= 15 is 0 Å². The Balaban J connectivity index is 1.88. The predicted octanol–water partition coefficient (Wildman–Crippen LogP) is 3.59. The fraction of sp³-hybridized carbons (Fsp3) is 0.188. The average molecular weight is 268 g/mol. The average Bonchev–Trinajstić information content (AvgIpc) is 3.13. The summed E-state index contributed by atoms with van der Waals surface area (Å²) in [5.74, 6) is 0.724. The van der Waals surface area contributed by atoms with Crippen molar-refractivity contribution in [2.24, 2.45) is 0 Å². The van der Waals surface area contributed by atoms with Crippen LogP contribution in [-0.4, -0.2) is 22.8 Å². The number of rotatable bonds is 3. The van der Waals surface area contributed by atoms with E-state index < -0.39 is 0 Å². The molecule has 0 aliphatic rings. The number of carbonyl (C=O) groups excluding carboxylic acids is 1. The van der Waals surface area contributed by atoms with Crippen molar-refractivity contribution < 1.29 is 9.21 Å². The SMILES string of the molecule is CC(c1ccco1)N(C)C(=O)c1cc2ccccc2[nH]1. The van der Waals surface area contributed by atoms with Crippen LogP contribution in [0, 0.1) is 0 Å². The second-order valence-corrected chi connectivity index (χ2v) is 4.88. The van der Waals surface area contributed by atoms with Gasteiger partial charge in [0, 0.05) is 18.0 Å². The quantitative estimate of drug-likeness (QED) is 0.789. The molecule has 0 fully saturated rings. The number of nitrogens with one attached hydrogen (secondary N) is 1. The molecule has 0 bridgehead atoms. The van der Waals surface area contributed by atoms with Crippen molar-refractivity contribution in [3.05, 3.63) is 60.2 Å². The minimum Gasteiger partial charge on any atom is -0.467 e. The Kier molecular flexibility index (Phi) is 3.06.